The third kappa shape index (κ3) is 3.15. The first-order valence-corrected chi connectivity index (χ1v) is 6.87. The monoisotopic (exact) mass is 264 g/mol. The largest absolute Gasteiger partial charge is 0.481 e. The predicted molar refractivity (Wildman–Crippen MR) is 76.7 cm³/mol. The highest BCUT2D eigenvalue weighted by atomic mass is 16.5. The number of hydrogen-bond acceptors (Lipinski definition) is 5. The van der Waals surface area contributed by atoms with Crippen LogP contribution in [-0.4, -0.2) is 48.2 Å². The quantitative estimate of drug-likeness (QED) is 0.882. The summed E-state index contributed by atoms with van der Waals surface area (Å²) < 4.78 is 5.18. The predicted octanol–water partition coefficient (Wildman–Crippen LogP) is 2.08. The fourth-order valence-electron chi connectivity index (χ4n) is 2.78. The van der Waals surface area contributed by atoms with E-state index in [9.17, 15) is 0 Å². The summed E-state index contributed by atoms with van der Waals surface area (Å²) in [6, 6.07) is 1.84. The Morgan fingerprint density at radius 3 is 2.58 bits per heavy atom. The summed E-state index contributed by atoms with van der Waals surface area (Å²) in [5.74, 6) is 1.27. The number of likely N-dealkylation sites (N-methyl/N-ethyl adjacent to an activating group) is 1. The summed E-state index contributed by atoms with van der Waals surface area (Å²) >= 11 is 0. The normalized spacial score (nSPS) is 17.7. The van der Waals surface area contributed by atoms with Gasteiger partial charge in [0.1, 0.15) is 0 Å². The Balaban J connectivity index is 2.07. The summed E-state index contributed by atoms with van der Waals surface area (Å²) in [5.41, 5.74) is 1.15. The first kappa shape index (κ1) is 14.1. The molecule has 1 aliphatic carbocycles. The van der Waals surface area contributed by atoms with Crippen molar-refractivity contribution >= 4 is 5.95 Å². The van der Waals surface area contributed by atoms with Gasteiger partial charge in [-0.2, -0.15) is 4.98 Å². The van der Waals surface area contributed by atoms with Crippen LogP contribution in [0.25, 0.3) is 0 Å². The van der Waals surface area contributed by atoms with Crippen molar-refractivity contribution in [2.24, 2.45) is 0 Å². The van der Waals surface area contributed by atoms with Crippen molar-refractivity contribution in [1.82, 2.24) is 14.9 Å². The second-order valence-electron chi connectivity index (χ2n) is 5.55. The molecule has 1 saturated carbocycles. The molecule has 0 amide bonds. The molecule has 0 aromatic carbocycles. The van der Waals surface area contributed by atoms with Crippen molar-refractivity contribution in [1.29, 1.82) is 0 Å². The number of rotatable bonds is 5. The zero-order valence-corrected chi connectivity index (χ0v) is 12.4. The molecular formula is C14H24N4O. The molecular weight excluding hydrogens is 240 g/mol. The van der Waals surface area contributed by atoms with Crippen LogP contribution in [0.5, 0.6) is 5.88 Å². The van der Waals surface area contributed by atoms with Crippen molar-refractivity contribution in [3.05, 3.63) is 11.8 Å². The number of ether oxygens (including phenoxy) is 1. The van der Waals surface area contributed by atoms with Gasteiger partial charge in [-0.05, 0) is 33.9 Å². The van der Waals surface area contributed by atoms with Gasteiger partial charge in [0.15, 0.2) is 0 Å². The smallest absolute Gasteiger partial charge is 0.226 e. The lowest BCUT2D eigenvalue weighted by atomic mass is 9.96. The van der Waals surface area contributed by atoms with Crippen LogP contribution in [0.4, 0.5) is 5.95 Å². The number of aromatic nitrogens is 2. The van der Waals surface area contributed by atoms with Crippen LogP contribution in [0.1, 0.15) is 31.4 Å². The number of anilines is 1. The first-order chi connectivity index (χ1) is 9.05. The molecule has 0 bridgehead atoms. The van der Waals surface area contributed by atoms with Crippen molar-refractivity contribution in [3.8, 4) is 5.88 Å². The van der Waals surface area contributed by atoms with Gasteiger partial charge >= 0.3 is 0 Å². The Hall–Kier alpha value is -1.36. The Morgan fingerprint density at radius 2 is 2.00 bits per heavy atom. The van der Waals surface area contributed by atoms with E-state index in [1.807, 2.05) is 13.0 Å². The Kier molecular flexibility index (Phi) is 4.24. The SMILES string of the molecule is COc1cc(C)nc(NCC2(N(C)C)CCCC2)n1. The molecule has 1 fully saturated rings. The summed E-state index contributed by atoms with van der Waals surface area (Å²) in [5, 5.41) is 3.38. The molecule has 5 nitrogen and oxygen atoms in total. The number of aryl methyl sites for hydroxylation is 1. The maximum atomic E-state index is 5.18. The van der Waals surface area contributed by atoms with Crippen LogP contribution in [-0.2, 0) is 0 Å². The third-order valence-electron chi connectivity index (χ3n) is 4.10. The molecule has 1 heterocycles. The van der Waals surface area contributed by atoms with Crippen LogP contribution >= 0.6 is 0 Å². The van der Waals surface area contributed by atoms with E-state index in [4.69, 9.17) is 4.74 Å². The number of nitrogens with one attached hydrogen (secondary N) is 1. The molecule has 0 radical (unpaired) electrons. The van der Waals surface area contributed by atoms with E-state index < -0.39 is 0 Å². The van der Waals surface area contributed by atoms with Crippen LogP contribution in [0.2, 0.25) is 0 Å². The standard InChI is InChI=1S/C14H24N4O/c1-11-9-12(19-4)17-13(16-11)15-10-14(18(2)3)7-5-6-8-14/h9H,5-8,10H2,1-4H3,(H,15,16,17). The summed E-state index contributed by atoms with van der Waals surface area (Å²) in [4.78, 5) is 11.1. The highest BCUT2D eigenvalue weighted by Crippen LogP contribution is 2.33. The average molecular weight is 264 g/mol. The first-order valence-electron chi connectivity index (χ1n) is 6.87. The van der Waals surface area contributed by atoms with Crippen LogP contribution in [0.3, 0.4) is 0 Å². The zero-order valence-electron chi connectivity index (χ0n) is 12.4. The van der Waals surface area contributed by atoms with Gasteiger partial charge in [-0.15, -0.1) is 0 Å². The van der Waals surface area contributed by atoms with E-state index in [2.05, 4.69) is 34.3 Å². The van der Waals surface area contributed by atoms with E-state index in [0.717, 1.165) is 12.2 Å². The molecule has 1 aromatic heterocycles. The Bertz CT molecular complexity index is 427. The Labute approximate surface area is 115 Å². The molecule has 5 heteroatoms. The third-order valence-corrected chi connectivity index (χ3v) is 4.10. The molecule has 1 N–H and O–H groups in total. The van der Waals surface area contributed by atoms with Gasteiger partial charge in [-0.1, -0.05) is 12.8 Å². The molecule has 1 aromatic rings. The van der Waals surface area contributed by atoms with Crippen molar-refractivity contribution in [2.75, 3.05) is 33.1 Å². The van der Waals surface area contributed by atoms with Gasteiger partial charge in [-0.3, -0.25) is 0 Å². The minimum absolute atomic E-state index is 0.236. The average Bonchev–Trinajstić information content (AvgIpc) is 2.86. The minimum atomic E-state index is 0.236. The highest BCUT2D eigenvalue weighted by Gasteiger charge is 2.35. The van der Waals surface area contributed by atoms with Gasteiger partial charge in [0.25, 0.3) is 0 Å². The molecule has 0 spiro atoms. The molecule has 19 heavy (non-hydrogen) atoms. The number of nitrogens with zero attached hydrogens (tertiary/aromatic N) is 3. The van der Waals surface area contributed by atoms with E-state index in [0.29, 0.717) is 11.8 Å². The van der Waals surface area contributed by atoms with Crippen LogP contribution in [0, 0.1) is 6.92 Å². The Morgan fingerprint density at radius 1 is 1.32 bits per heavy atom. The molecule has 0 aliphatic heterocycles. The van der Waals surface area contributed by atoms with Gasteiger partial charge < -0.3 is 15.0 Å². The lowest BCUT2D eigenvalue weighted by Crippen LogP contribution is -2.47. The molecule has 1 aliphatic rings. The molecule has 0 atom stereocenters. The molecule has 106 valence electrons. The molecule has 2 rings (SSSR count). The second kappa shape index (κ2) is 5.74. The number of hydrogen-bond donors (Lipinski definition) is 1. The van der Waals surface area contributed by atoms with E-state index >= 15 is 0 Å². The maximum absolute atomic E-state index is 5.18. The summed E-state index contributed by atoms with van der Waals surface area (Å²) in [6.07, 6.45) is 5.07. The van der Waals surface area contributed by atoms with Crippen LogP contribution < -0.4 is 10.1 Å². The molecule has 0 saturated heterocycles. The maximum Gasteiger partial charge on any atom is 0.226 e. The second-order valence-corrected chi connectivity index (χ2v) is 5.55. The summed E-state index contributed by atoms with van der Waals surface area (Å²) in [7, 11) is 5.94. The van der Waals surface area contributed by atoms with Crippen LogP contribution in [0.15, 0.2) is 6.07 Å². The number of methoxy groups -OCH3 is 1. The fourth-order valence-corrected chi connectivity index (χ4v) is 2.78. The van der Waals surface area contributed by atoms with E-state index in [1.54, 1.807) is 7.11 Å². The fraction of sp³-hybridized carbons (Fsp3) is 0.714. The van der Waals surface area contributed by atoms with E-state index in [1.165, 1.54) is 25.7 Å². The minimum Gasteiger partial charge on any atom is -0.481 e. The lowest BCUT2D eigenvalue weighted by Gasteiger charge is -2.36. The van der Waals surface area contributed by atoms with Crippen molar-refractivity contribution < 1.29 is 4.74 Å². The van der Waals surface area contributed by atoms with Crippen molar-refractivity contribution in [3.63, 3.8) is 0 Å². The van der Waals surface area contributed by atoms with E-state index in [-0.39, 0.29) is 5.54 Å². The topological polar surface area (TPSA) is 50.3 Å². The highest BCUT2D eigenvalue weighted by molar-refractivity contribution is 5.31. The van der Waals surface area contributed by atoms with Gasteiger partial charge in [0.2, 0.25) is 11.8 Å². The van der Waals surface area contributed by atoms with Gasteiger partial charge in [0.05, 0.1) is 7.11 Å². The van der Waals surface area contributed by atoms with Gasteiger partial charge in [0, 0.05) is 23.8 Å². The van der Waals surface area contributed by atoms with Crippen molar-refractivity contribution in [2.45, 2.75) is 38.1 Å². The zero-order chi connectivity index (χ0) is 13.9. The molecule has 0 unspecified atom stereocenters. The van der Waals surface area contributed by atoms with Gasteiger partial charge in [-0.25, -0.2) is 4.98 Å². The summed E-state index contributed by atoms with van der Waals surface area (Å²) in [6.45, 7) is 2.83. The lowest BCUT2D eigenvalue weighted by molar-refractivity contribution is 0.172.